The first kappa shape index (κ1) is 15.3. The number of para-hydroxylation sites is 1. The molecule has 0 aliphatic rings. The Morgan fingerprint density at radius 3 is 2.74 bits per heavy atom. The zero-order valence-corrected chi connectivity index (χ0v) is 13.6. The van der Waals surface area contributed by atoms with Crippen molar-refractivity contribution in [2.75, 3.05) is 12.4 Å². The molecule has 1 amide bonds. The minimum absolute atomic E-state index is 0.290. The van der Waals surface area contributed by atoms with Crippen LogP contribution in [0, 0.1) is 0 Å². The van der Waals surface area contributed by atoms with E-state index in [4.69, 9.17) is 4.74 Å². The maximum absolute atomic E-state index is 12.5. The number of rotatable bonds is 4. The lowest BCUT2D eigenvalue weighted by Crippen LogP contribution is -2.15. The number of amides is 1. The van der Waals surface area contributed by atoms with Gasteiger partial charge in [-0.3, -0.25) is 4.79 Å². The van der Waals surface area contributed by atoms with E-state index in [0.717, 1.165) is 16.4 Å². The number of carbonyl (C=O) groups is 2. The van der Waals surface area contributed by atoms with Gasteiger partial charge in [0.15, 0.2) is 0 Å². The van der Waals surface area contributed by atoms with Crippen molar-refractivity contribution in [1.82, 2.24) is 9.59 Å². The van der Waals surface area contributed by atoms with Crippen LogP contribution in [0.25, 0.3) is 10.6 Å². The number of esters is 1. The van der Waals surface area contributed by atoms with Gasteiger partial charge in [0.2, 0.25) is 0 Å². The SMILES string of the molecule is COC(=O)c1ccccc1NC(=O)c1snnc1-c1cccs1. The maximum Gasteiger partial charge on any atom is 0.339 e. The maximum atomic E-state index is 12.5. The van der Waals surface area contributed by atoms with Gasteiger partial charge in [-0.05, 0) is 35.1 Å². The zero-order valence-electron chi connectivity index (χ0n) is 12.0. The van der Waals surface area contributed by atoms with Crippen molar-refractivity contribution < 1.29 is 14.3 Å². The van der Waals surface area contributed by atoms with E-state index in [1.54, 1.807) is 24.3 Å². The number of thiophene rings is 1. The minimum Gasteiger partial charge on any atom is -0.465 e. The van der Waals surface area contributed by atoms with Crippen molar-refractivity contribution in [3.63, 3.8) is 0 Å². The Bertz CT molecular complexity index is 843. The molecule has 0 aliphatic carbocycles. The predicted octanol–water partition coefficient (Wildman–Crippen LogP) is 3.31. The molecule has 1 aromatic carbocycles. The summed E-state index contributed by atoms with van der Waals surface area (Å²) in [5, 5.41) is 8.65. The van der Waals surface area contributed by atoms with E-state index >= 15 is 0 Å². The molecule has 0 radical (unpaired) electrons. The molecular weight excluding hydrogens is 334 g/mol. The Balaban J connectivity index is 1.90. The number of methoxy groups -OCH3 is 1. The van der Waals surface area contributed by atoms with Crippen molar-refractivity contribution in [2.45, 2.75) is 0 Å². The van der Waals surface area contributed by atoms with Gasteiger partial charge in [0.05, 0.1) is 23.2 Å². The molecule has 8 heteroatoms. The van der Waals surface area contributed by atoms with Crippen molar-refractivity contribution in [2.24, 2.45) is 0 Å². The van der Waals surface area contributed by atoms with Crippen molar-refractivity contribution >= 4 is 40.4 Å². The molecule has 0 spiro atoms. The highest BCUT2D eigenvalue weighted by atomic mass is 32.1. The number of hydrogen-bond donors (Lipinski definition) is 1. The fourth-order valence-electron chi connectivity index (χ4n) is 1.97. The molecule has 0 bridgehead atoms. The lowest BCUT2D eigenvalue weighted by atomic mass is 10.1. The summed E-state index contributed by atoms with van der Waals surface area (Å²) in [6.45, 7) is 0. The van der Waals surface area contributed by atoms with Gasteiger partial charge in [-0.1, -0.05) is 22.7 Å². The molecule has 2 heterocycles. The monoisotopic (exact) mass is 345 g/mol. The van der Waals surface area contributed by atoms with Gasteiger partial charge < -0.3 is 10.1 Å². The van der Waals surface area contributed by atoms with Crippen LogP contribution in [0.3, 0.4) is 0 Å². The van der Waals surface area contributed by atoms with Crippen molar-refractivity contribution in [3.05, 3.63) is 52.2 Å². The van der Waals surface area contributed by atoms with Crippen LogP contribution in [0.5, 0.6) is 0 Å². The normalized spacial score (nSPS) is 10.3. The molecule has 6 nitrogen and oxygen atoms in total. The molecule has 23 heavy (non-hydrogen) atoms. The number of hydrogen-bond acceptors (Lipinski definition) is 7. The quantitative estimate of drug-likeness (QED) is 0.734. The summed E-state index contributed by atoms with van der Waals surface area (Å²) in [5.74, 6) is -0.874. The Labute approximate surface area is 139 Å². The van der Waals surface area contributed by atoms with E-state index in [-0.39, 0.29) is 5.91 Å². The molecule has 116 valence electrons. The van der Waals surface area contributed by atoms with Crippen molar-refractivity contribution in [1.29, 1.82) is 0 Å². The highest BCUT2D eigenvalue weighted by molar-refractivity contribution is 7.14. The van der Waals surface area contributed by atoms with Crippen molar-refractivity contribution in [3.8, 4) is 10.6 Å². The summed E-state index contributed by atoms with van der Waals surface area (Å²) in [7, 11) is 1.29. The summed E-state index contributed by atoms with van der Waals surface area (Å²) in [6, 6.07) is 10.4. The number of nitrogens with zero attached hydrogens (tertiary/aromatic N) is 2. The van der Waals surface area contributed by atoms with Crippen LogP contribution in [-0.4, -0.2) is 28.6 Å². The second-order valence-electron chi connectivity index (χ2n) is 4.42. The van der Waals surface area contributed by atoms with Gasteiger partial charge >= 0.3 is 5.97 Å². The highest BCUT2D eigenvalue weighted by Crippen LogP contribution is 2.29. The number of aromatic nitrogens is 2. The third-order valence-corrected chi connectivity index (χ3v) is 4.63. The number of anilines is 1. The third-order valence-electron chi connectivity index (χ3n) is 3.03. The summed E-state index contributed by atoms with van der Waals surface area (Å²) in [5.41, 5.74) is 1.21. The third kappa shape index (κ3) is 3.13. The zero-order chi connectivity index (χ0) is 16.2. The second kappa shape index (κ2) is 6.67. The number of carbonyl (C=O) groups excluding carboxylic acids is 2. The molecule has 3 rings (SSSR count). The number of benzene rings is 1. The number of ether oxygens (including phenoxy) is 1. The second-order valence-corrected chi connectivity index (χ2v) is 6.12. The summed E-state index contributed by atoms with van der Waals surface area (Å²) < 4.78 is 8.58. The van der Waals surface area contributed by atoms with Crippen LogP contribution in [0.1, 0.15) is 20.0 Å². The average molecular weight is 345 g/mol. The van der Waals surface area contributed by atoms with Gasteiger partial charge in [-0.15, -0.1) is 16.4 Å². The summed E-state index contributed by atoms with van der Waals surface area (Å²) in [6.07, 6.45) is 0. The molecule has 1 N–H and O–H groups in total. The van der Waals surface area contributed by atoms with Crippen LogP contribution in [0.2, 0.25) is 0 Å². The lowest BCUT2D eigenvalue weighted by Gasteiger charge is -2.08. The van der Waals surface area contributed by atoms with E-state index in [1.165, 1.54) is 18.4 Å². The first-order valence-corrected chi connectivity index (χ1v) is 8.21. The Morgan fingerprint density at radius 2 is 2.00 bits per heavy atom. The van der Waals surface area contributed by atoms with Crippen LogP contribution in [0.4, 0.5) is 5.69 Å². The molecule has 0 aliphatic heterocycles. The Kier molecular flexibility index (Phi) is 4.45. The Morgan fingerprint density at radius 1 is 1.17 bits per heavy atom. The topological polar surface area (TPSA) is 81.2 Å². The van der Waals surface area contributed by atoms with Gasteiger partial charge in [-0.25, -0.2) is 4.79 Å². The van der Waals surface area contributed by atoms with E-state index in [0.29, 0.717) is 21.8 Å². The van der Waals surface area contributed by atoms with Crippen LogP contribution < -0.4 is 5.32 Å². The average Bonchev–Trinajstić information content (AvgIpc) is 3.25. The van der Waals surface area contributed by atoms with Crippen LogP contribution in [-0.2, 0) is 4.74 Å². The lowest BCUT2D eigenvalue weighted by molar-refractivity contribution is 0.0602. The van der Waals surface area contributed by atoms with Gasteiger partial charge in [-0.2, -0.15) is 0 Å². The standard InChI is InChI=1S/C15H11N3O3S2/c1-21-15(20)9-5-2-3-6-10(9)16-14(19)13-12(17-18-23-13)11-7-4-8-22-11/h2-8H,1H3,(H,16,19). The Hall–Kier alpha value is -2.58. The molecule has 0 saturated heterocycles. The largest absolute Gasteiger partial charge is 0.465 e. The molecule has 0 saturated carbocycles. The van der Waals surface area contributed by atoms with Crippen LogP contribution in [0.15, 0.2) is 41.8 Å². The molecule has 0 atom stereocenters. The molecule has 0 fully saturated rings. The molecule has 3 aromatic rings. The summed E-state index contributed by atoms with van der Waals surface area (Å²) >= 11 is 2.49. The highest BCUT2D eigenvalue weighted by Gasteiger charge is 2.20. The number of nitrogens with one attached hydrogen (secondary N) is 1. The molecule has 0 unspecified atom stereocenters. The summed E-state index contributed by atoms with van der Waals surface area (Å²) in [4.78, 5) is 25.5. The first-order valence-electron chi connectivity index (χ1n) is 6.55. The first-order chi connectivity index (χ1) is 11.2. The molecule has 2 aromatic heterocycles. The molecular formula is C15H11N3O3S2. The van der Waals surface area contributed by atoms with Gasteiger partial charge in [0, 0.05) is 0 Å². The predicted molar refractivity (Wildman–Crippen MR) is 89.0 cm³/mol. The van der Waals surface area contributed by atoms with E-state index in [2.05, 4.69) is 14.9 Å². The van der Waals surface area contributed by atoms with Gasteiger partial charge in [0.1, 0.15) is 10.6 Å². The minimum atomic E-state index is -0.512. The fourth-order valence-corrected chi connectivity index (χ4v) is 3.33. The fraction of sp³-hybridized carbons (Fsp3) is 0.0667. The van der Waals surface area contributed by atoms with Crippen LogP contribution >= 0.6 is 22.9 Å². The van der Waals surface area contributed by atoms with E-state index in [9.17, 15) is 9.59 Å². The van der Waals surface area contributed by atoms with E-state index < -0.39 is 5.97 Å². The smallest absolute Gasteiger partial charge is 0.339 e. The van der Waals surface area contributed by atoms with E-state index in [1.807, 2.05) is 17.5 Å². The van der Waals surface area contributed by atoms with Gasteiger partial charge in [0.25, 0.3) is 5.91 Å².